The van der Waals surface area contributed by atoms with Crippen LogP contribution in [0.3, 0.4) is 0 Å². The van der Waals surface area contributed by atoms with Crippen LogP contribution in [-0.2, 0) is 0 Å². The fraction of sp³-hybridized carbons (Fsp3) is 0.133. The number of aromatic nitrogens is 2. The Balaban J connectivity index is 2.25. The topological polar surface area (TPSA) is 90.3 Å². The van der Waals surface area contributed by atoms with Crippen LogP contribution in [-0.4, -0.2) is 29.1 Å². The number of nitro groups is 1. The minimum Gasteiger partial charge on any atom is -0.493 e. The number of benzene rings is 2. The van der Waals surface area contributed by atoms with Gasteiger partial charge in [-0.25, -0.2) is 4.98 Å². The van der Waals surface area contributed by atoms with E-state index in [1.165, 1.54) is 20.3 Å². The molecule has 0 spiro atoms. The quantitative estimate of drug-likeness (QED) is 0.590. The summed E-state index contributed by atoms with van der Waals surface area (Å²) in [6.07, 6.45) is 0. The van der Waals surface area contributed by atoms with Crippen molar-refractivity contribution in [3.63, 3.8) is 0 Å². The van der Waals surface area contributed by atoms with Gasteiger partial charge in [-0.3, -0.25) is 10.1 Å². The first-order valence-corrected chi connectivity index (χ1v) is 6.49. The maximum Gasteiger partial charge on any atom is 0.284 e. The Labute approximate surface area is 125 Å². The number of fused-ring (bicyclic) bond motifs is 1. The molecule has 0 saturated carbocycles. The number of aromatic amines is 1. The number of nitrogens with one attached hydrogen (secondary N) is 1. The van der Waals surface area contributed by atoms with Gasteiger partial charge in [0.25, 0.3) is 5.69 Å². The average molecular weight is 299 g/mol. The molecule has 0 aliphatic rings. The number of para-hydroxylation sites is 2. The van der Waals surface area contributed by atoms with E-state index in [9.17, 15) is 10.1 Å². The van der Waals surface area contributed by atoms with E-state index in [0.717, 1.165) is 11.0 Å². The fourth-order valence-electron chi connectivity index (χ4n) is 2.29. The zero-order chi connectivity index (χ0) is 15.7. The summed E-state index contributed by atoms with van der Waals surface area (Å²) in [6, 6.07) is 10.3. The molecular formula is C15H13N3O4. The van der Waals surface area contributed by atoms with E-state index < -0.39 is 4.92 Å². The minimum absolute atomic E-state index is 0.100. The van der Waals surface area contributed by atoms with Gasteiger partial charge in [0.1, 0.15) is 5.82 Å². The van der Waals surface area contributed by atoms with Crippen LogP contribution in [0.5, 0.6) is 11.5 Å². The van der Waals surface area contributed by atoms with Crippen LogP contribution in [0.25, 0.3) is 22.4 Å². The van der Waals surface area contributed by atoms with Crippen LogP contribution in [0.15, 0.2) is 36.4 Å². The highest BCUT2D eigenvalue weighted by atomic mass is 16.6. The van der Waals surface area contributed by atoms with Gasteiger partial charge in [0.15, 0.2) is 11.5 Å². The van der Waals surface area contributed by atoms with E-state index in [1.807, 2.05) is 24.3 Å². The lowest BCUT2D eigenvalue weighted by atomic mass is 10.1. The molecule has 7 nitrogen and oxygen atoms in total. The van der Waals surface area contributed by atoms with Gasteiger partial charge in [-0.05, 0) is 12.1 Å². The molecule has 112 valence electrons. The summed E-state index contributed by atoms with van der Waals surface area (Å²) in [7, 11) is 2.91. The molecule has 1 aromatic heterocycles. The van der Waals surface area contributed by atoms with Crippen LogP contribution >= 0.6 is 0 Å². The van der Waals surface area contributed by atoms with E-state index in [1.54, 1.807) is 6.07 Å². The first-order valence-electron chi connectivity index (χ1n) is 6.49. The van der Waals surface area contributed by atoms with E-state index >= 15 is 0 Å². The van der Waals surface area contributed by atoms with Gasteiger partial charge >= 0.3 is 0 Å². The van der Waals surface area contributed by atoms with Crippen molar-refractivity contribution in [3.8, 4) is 22.9 Å². The third kappa shape index (κ3) is 2.22. The number of ether oxygens (including phenoxy) is 2. The van der Waals surface area contributed by atoms with Crippen molar-refractivity contribution in [2.75, 3.05) is 14.2 Å². The van der Waals surface area contributed by atoms with Crippen molar-refractivity contribution in [3.05, 3.63) is 46.5 Å². The highest BCUT2D eigenvalue weighted by Gasteiger charge is 2.22. The number of nitro benzene ring substituents is 1. The number of imidazole rings is 1. The minimum atomic E-state index is -0.468. The van der Waals surface area contributed by atoms with Crippen molar-refractivity contribution in [1.82, 2.24) is 9.97 Å². The summed E-state index contributed by atoms with van der Waals surface area (Å²) in [6.45, 7) is 0. The van der Waals surface area contributed by atoms with E-state index in [4.69, 9.17) is 9.47 Å². The lowest BCUT2D eigenvalue weighted by molar-refractivity contribution is -0.384. The molecule has 2 aromatic carbocycles. The van der Waals surface area contributed by atoms with Gasteiger partial charge < -0.3 is 14.5 Å². The molecule has 0 aliphatic carbocycles. The third-order valence-electron chi connectivity index (χ3n) is 3.34. The highest BCUT2D eigenvalue weighted by molar-refractivity contribution is 5.82. The summed E-state index contributed by atoms with van der Waals surface area (Å²) >= 11 is 0. The third-order valence-corrected chi connectivity index (χ3v) is 3.34. The van der Waals surface area contributed by atoms with Crippen LogP contribution in [0.1, 0.15) is 0 Å². The molecule has 0 unspecified atom stereocenters. The molecule has 3 rings (SSSR count). The number of methoxy groups -OCH3 is 2. The fourth-order valence-corrected chi connectivity index (χ4v) is 2.29. The van der Waals surface area contributed by atoms with Crippen molar-refractivity contribution >= 4 is 16.7 Å². The number of H-pyrrole nitrogens is 1. The van der Waals surface area contributed by atoms with Gasteiger partial charge in [-0.2, -0.15) is 0 Å². The van der Waals surface area contributed by atoms with Crippen LogP contribution in [0.2, 0.25) is 0 Å². The van der Waals surface area contributed by atoms with E-state index in [0.29, 0.717) is 22.9 Å². The molecule has 0 bridgehead atoms. The Bertz CT molecular complexity index is 824. The molecule has 7 heteroatoms. The predicted molar refractivity (Wildman–Crippen MR) is 81.3 cm³/mol. The van der Waals surface area contributed by atoms with Crippen LogP contribution < -0.4 is 9.47 Å². The largest absolute Gasteiger partial charge is 0.493 e. The Morgan fingerprint density at radius 3 is 2.45 bits per heavy atom. The molecular weight excluding hydrogens is 286 g/mol. The van der Waals surface area contributed by atoms with Crippen molar-refractivity contribution in [2.24, 2.45) is 0 Å². The number of hydrogen-bond donors (Lipinski definition) is 1. The maximum atomic E-state index is 11.3. The smallest absolute Gasteiger partial charge is 0.284 e. The predicted octanol–water partition coefficient (Wildman–Crippen LogP) is 3.16. The van der Waals surface area contributed by atoms with E-state index in [2.05, 4.69) is 9.97 Å². The van der Waals surface area contributed by atoms with Crippen LogP contribution in [0.4, 0.5) is 5.69 Å². The summed E-state index contributed by atoms with van der Waals surface area (Å²) in [5, 5.41) is 11.3. The molecule has 3 aromatic rings. The number of hydrogen-bond acceptors (Lipinski definition) is 5. The van der Waals surface area contributed by atoms with E-state index in [-0.39, 0.29) is 5.69 Å². The zero-order valence-electron chi connectivity index (χ0n) is 12.0. The summed E-state index contributed by atoms with van der Waals surface area (Å²) in [5.41, 5.74) is 1.79. The van der Waals surface area contributed by atoms with Gasteiger partial charge in [0.05, 0.1) is 41.8 Å². The Hall–Kier alpha value is -3.09. The standard InChI is InChI=1S/C15H13N3O4/c1-21-13-7-9(12(18(19)20)8-14(13)22-2)15-16-10-5-3-4-6-11(10)17-15/h3-8H,1-2H3,(H,16,17). The molecule has 0 atom stereocenters. The second-order valence-electron chi connectivity index (χ2n) is 4.58. The first-order chi connectivity index (χ1) is 10.6. The molecule has 1 heterocycles. The van der Waals surface area contributed by atoms with Crippen molar-refractivity contribution < 1.29 is 14.4 Å². The lowest BCUT2D eigenvalue weighted by Gasteiger charge is -2.09. The monoisotopic (exact) mass is 299 g/mol. The van der Waals surface area contributed by atoms with Crippen molar-refractivity contribution in [1.29, 1.82) is 0 Å². The van der Waals surface area contributed by atoms with Crippen LogP contribution in [0, 0.1) is 10.1 Å². The zero-order valence-corrected chi connectivity index (χ0v) is 12.0. The lowest BCUT2D eigenvalue weighted by Crippen LogP contribution is -1.97. The summed E-state index contributed by atoms with van der Waals surface area (Å²) < 4.78 is 10.3. The molecule has 0 radical (unpaired) electrons. The first kappa shape index (κ1) is 13.9. The highest BCUT2D eigenvalue weighted by Crippen LogP contribution is 2.39. The molecule has 22 heavy (non-hydrogen) atoms. The normalized spacial score (nSPS) is 10.6. The molecule has 1 N–H and O–H groups in total. The molecule has 0 amide bonds. The van der Waals surface area contributed by atoms with Gasteiger partial charge in [0, 0.05) is 6.07 Å². The van der Waals surface area contributed by atoms with Crippen molar-refractivity contribution in [2.45, 2.75) is 0 Å². The Morgan fingerprint density at radius 1 is 1.14 bits per heavy atom. The molecule has 0 saturated heterocycles. The SMILES string of the molecule is COc1cc(-c2nc3ccccc3[nH]2)c([N+](=O)[O-])cc1OC. The summed E-state index contributed by atoms with van der Waals surface area (Å²) in [5.74, 6) is 1.12. The summed E-state index contributed by atoms with van der Waals surface area (Å²) in [4.78, 5) is 18.4. The number of rotatable bonds is 4. The Morgan fingerprint density at radius 2 is 1.82 bits per heavy atom. The number of nitrogens with zero attached hydrogens (tertiary/aromatic N) is 2. The van der Waals surface area contributed by atoms with Gasteiger partial charge in [-0.15, -0.1) is 0 Å². The average Bonchev–Trinajstić information content (AvgIpc) is 2.97. The van der Waals surface area contributed by atoms with Gasteiger partial charge in [-0.1, -0.05) is 12.1 Å². The maximum absolute atomic E-state index is 11.3. The Kier molecular flexibility index (Phi) is 3.38. The van der Waals surface area contributed by atoms with Gasteiger partial charge in [0.2, 0.25) is 0 Å². The molecule has 0 fully saturated rings. The second kappa shape index (κ2) is 5.36. The second-order valence-corrected chi connectivity index (χ2v) is 4.58. The molecule has 0 aliphatic heterocycles.